The van der Waals surface area contributed by atoms with Crippen molar-refractivity contribution >= 4 is 12.0 Å². The van der Waals surface area contributed by atoms with E-state index in [1.54, 1.807) is 0 Å². The molecule has 26 heavy (non-hydrogen) atoms. The van der Waals surface area contributed by atoms with E-state index in [1.165, 1.54) is 12.7 Å². The van der Waals surface area contributed by atoms with Crippen molar-refractivity contribution in [1.82, 2.24) is 9.80 Å². The average Bonchev–Trinajstić information content (AvgIpc) is 2.71. The van der Waals surface area contributed by atoms with Crippen molar-refractivity contribution in [2.45, 2.75) is 6.04 Å². The summed E-state index contributed by atoms with van der Waals surface area (Å²) in [5.74, 6) is -0.186. The molecule has 1 fully saturated rings. The van der Waals surface area contributed by atoms with Gasteiger partial charge in [-0.05, 0) is 11.1 Å². The lowest BCUT2D eigenvalue weighted by atomic mass is 10.0. The second-order valence-corrected chi connectivity index (χ2v) is 6.49. The second kappa shape index (κ2) is 9.32. The monoisotopic (exact) mass is 350 g/mol. The molecule has 0 aromatic heterocycles. The van der Waals surface area contributed by atoms with Gasteiger partial charge in [-0.15, -0.1) is 0 Å². The lowest BCUT2D eigenvalue weighted by molar-refractivity contribution is -0.148. The molecule has 0 amide bonds. The third-order valence-electron chi connectivity index (χ3n) is 4.79. The van der Waals surface area contributed by atoms with Gasteiger partial charge in [-0.2, -0.15) is 0 Å². The molecule has 3 rings (SSSR count). The Balaban J connectivity index is 1.56. The number of piperazine rings is 1. The number of nitrogens with zero attached hydrogens (tertiary/aromatic N) is 2. The molecule has 2 aromatic carbocycles. The minimum Gasteiger partial charge on any atom is -0.468 e. The molecule has 0 radical (unpaired) electrons. The molecule has 0 saturated carbocycles. The topological polar surface area (TPSA) is 32.8 Å². The average molecular weight is 350 g/mol. The van der Waals surface area contributed by atoms with Crippen LogP contribution in [-0.2, 0) is 9.53 Å². The Hall–Kier alpha value is -2.43. The van der Waals surface area contributed by atoms with Gasteiger partial charge in [0.2, 0.25) is 0 Å². The maximum Gasteiger partial charge on any atom is 0.327 e. The highest BCUT2D eigenvalue weighted by Gasteiger charge is 2.30. The van der Waals surface area contributed by atoms with Gasteiger partial charge in [0.15, 0.2) is 0 Å². The van der Waals surface area contributed by atoms with Crippen LogP contribution in [0.5, 0.6) is 0 Å². The zero-order valence-corrected chi connectivity index (χ0v) is 15.3. The van der Waals surface area contributed by atoms with Crippen molar-refractivity contribution in [3.8, 4) is 0 Å². The fourth-order valence-electron chi connectivity index (χ4n) is 3.35. The Morgan fingerprint density at radius 2 is 1.62 bits per heavy atom. The predicted octanol–water partition coefficient (Wildman–Crippen LogP) is 3.23. The van der Waals surface area contributed by atoms with Gasteiger partial charge < -0.3 is 4.74 Å². The van der Waals surface area contributed by atoms with Gasteiger partial charge in [-0.25, -0.2) is 4.79 Å². The van der Waals surface area contributed by atoms with Crippen molar-refractivity contribution in [2.24, 2.45) is 0 Å². The maximum absolute atomic E-state index is 12.3. The van der Waals surface area contributed by atoms with Gasteiger partial charge in [0.05, 0.1) is 7.11 Å². The first-order valence-corrected chi connectivity index (χ1v) is 9.08. The highest BCUT2D eigenvalue weighted by Crippen LogP contribution is 2.23. The van der Waals surface area contributed by atoms with Gasteiger partial charge in [0.1, 0.15) is 6.04 Å². The Kier molecular flexibility index (Phi) is 6.58. The minimum atomic E-state index is -0.316. The lowest BCUT2D eigenvalue weighted by Crippen LogP contribution is -2.49. The van der Waals surface area contributed by atoms with Gasteiger partial charge in [-0.3, -0.25) is 9.80 Å². The molecule has 1 aliphatic rings. The van der Waals surface area contributed by atoms with Crippen LogP contribution in [0.25, 0.3) is 6.08 Å². The molecule has 4 nitrogen and oxygen atoms in total. The molecule has 1 aliphatic heterocycles. The molecule has 1 atom stereocenters. The highest BCUT2D eigenvalue weighted by atomic mass is 16.5. The second-order valence-electron chi connectivity index (χ2n) is 6.49. The van der Waals surface area contributed by atoms with E-state index in [0.717, 1.165) is 38.3 Å². The molecular formula is C22H26N2O2. The number of carbonyl (C=O) groups excluding carboxylic acids is 1. The summed E-state index contributed by atoms with van der Waals surface area (Å²) in [5.41, 5.74) is 2.22. The van der Waals surface area contributed by atoms with Crippen LogP contribution < -0.4 is 0 Å². The van der Waals surface area contributed by atoms with Crippen molar-refractivity contribution in [2.75, 3.05) is 39.8 Å². The fraction of sp³-hybridized carbons (Fsp3) is 0.318. The van der Waals surface area contributed by atoms with E-state index < -0.39 is 0 Å². The van der Waals surface area contributed by atoms with Crippen LogP contribution in [0.4, 0.5) is 0 Å². The summed E-state index contributed by atoms with van der Waals surface area (Å²) in [6.07, 6.45) is 4.37. The zero-order chi connectivity index (χ0) is 18.2. The third kappa shape index (κ3) is 4.81. The normalized spacial score (nSPS) is 17.3. The summed E-state index contributed by atoms with van der Waals surface area (Å²) in [6.45, 7) is 4.53. The summed E-state index contributed by atoms with van der Waals surface area (Å²) in [7, 11) is 1.46. The van der Waals surface area contributed by atoms with Crippen molar-refractivity contribution < 1.29 is 9.53 Å². The van der Waals surface area contributed by atoms with Gasteiger partial charge in [0.25, 0.3) is 0 Å². The highest BCUT2D eigenvalue weighted by molar-refractivity contribution is 5.77. The Morgan fingerprint density at radius 1 is 1.00 bits per heavy atom. The van der Waals surface area contributed by atoms with Crippen LogP contribution in [0.15, 0.2) is 66.7 Å². The largest absolute Gasteiger partial charge is 0.468 e. The molecule has 0 spiro atoms. The van der Waals surface area contributed by atoms with Crippen molar-refractivity contribution in [3.05, 3.63) is 77.9 Å². The number of hydrogen-bond donors (Lipinski definition) is 0. The van der Waals surface area contributed by atoms with E-state index in [1.807, 2.05) is 36.4 Å². The first-order valence-electron chi connectivity index (χ1n) is 9.08. The van der Waals surface area contributed by atoms with Gasteiger partial charge in [-0.1, -0.05) is 72.8 Å². The van der Waals surface area contributed by atoms with Crippen LogP contribution in [0.3, 0.4) is 0 Å². The lowest BCUT2D eigenvalue weighted by Gasteiger charge is -2.37. The van der Waals surface area contributed by atoms with E-state index in [0.29, 0.717) is 0 Å². The Labute approximate surface area is 155 Å². The number of carbonyl (C=O) groups is 1. The molecule has 136 valence electrons. The molecule has 1 unspecified atom stereocenters. The Bertz CT molecular complexity index is 707. The van der Waals surface area contributed by atoms with Crippen LogP contribution in [0, 0.1) is 0 Å². The van der Waals surface area contributed by atoms with Gasteiger partial charge in [0, 0.05) is 32.7 Å². The van der Waals surface area contributed by atoms with E-state index in [2.05, 4.69) is 46.2 Å². The van der Waals surface area contributed by atoms with Crippen molar-refractivity contribution in [1.29, 1.82) is 0 Å². The van der Waals surface area contributed by atoms with E-state index in [9.17, 15) is 4.79 Å². The van der Waals surface area contributed by atoms with Gasteiger partial charge >= 0.3 is 5.97 Å². The van der Waals surface area contributed by atoms with Crippen LogP contribution in [0.2, 0.25) is 0 Å². The molecular weight excluding hydrogens is 324 g/mol. The predicted molar refractivity (Wildman–Crippen MR) is 105 cm³/mol. The van der Waals surface area contributed by atoms with Crippen LogP contribution >= 0.6 is 0 Å². The summed E-state index contributed by atoms with van der Waals surface area (Å²) in [4.78, 5) is 17.0. The quantitative estimate of drug-likeness (QED) is 0.749. The van der Waals surface area contributed by atoms with E-state index in [-0.39, 0.29) is 12.0 Å². The van der Waals surface area contributed by atoms with Crippen molar-refractivity contribution in [3.63, 3.8) is 0 Å². The van der Waals surface area contributed by atoms with Crippen LogP contribution in [0.1, 0.15) is 17.2 Å². The summed E-state index contributed by atoms with van der Waals surface area (Å²) < 4.78 is 5.06. The summed E-state index contributed by atoms with van der Waals surface area (Å²) >= 11 is 0. The molecule has 0 aliphatic carbocycles. The molecule has 0 N–H and O–H groups in total. The fourth-order valence-corrected chi connectivity index (χ4v) is 3.35. The maximum atomic E-state index is 12.3. The number of ether oxygens (including phenoxy) is 1. The number of benzene rings is 2. The molecule has 4 heteroatoms. The number of rotatable bonds is 6. The smallest absolute Gasteiger partial charge is 0.327 e. The molecule has 0 bridgehead atoms. The van der Waals surface area contributed by atoms with E-state index >= 15 is 0 Å². The molecule has 1 heterocycles. The SMILES string of the molecule is COC(=O)C(c1ccccc1)N1CCN(C/C=C/c2ccccc2)CC1. The first kappa shape index (κ1) is 18.4. The van der Waals surface area contributed by atoms with E-state index in [4.69, 9.17) is 4.74 Å². The number of methoxy groups -OCH3 is 1. The van der Waals surface area contributed by atoms with Crippen LogP contribution in [-0.4, -0.2) is 55.6 Å². The Morgan fingerprint density at radius 3 is 2.23 bits per heavy atom. The summed E-state index contributed by atoms with van der Waals surface area (Å²) in [6, 6.07) is 19.9. The zero-order valence-electron chi connectivity index (χ0n) is 15.3. The number of esters is 1. The minimum absolute atomic E-state index is 0.186. The third-order valence-corrected chi connectivity index (χ3v) is 4.79. The molecule has 1 saturated heterocycles. The standard InChI is InChI=1S/C22H26N2O2/c1-26-22(25)21(20-12-6-3-7-13-20)24-17-15-23(16-18-24)14-8-11-19-9-4-2-5-10-19/h2-13,21H,14-18H2,1H3/b11-8+. The first-order chi connectivity index (χ1) is 12.8. The summed E-state index contributed by atoms with van der Waals surface area (Å²) in [5, 5.41) is 0. The number of hydrogen-bond acceptors (Lipinski definition) is 4. The molecule has 2 aromatic rings.